The minimum Gasteiger partial charge on any atom is -0.458 e. The Morgan fingerprint density at radius 1 is 1.05 bits per heavy atom. The predicted octanol–water partition coefficient (Wildman–Crippen LogP) is 3.03. The van der Waals surface area contributed by atoms with Crippen molar-refractivity contribution in [1.29, 1.82) is 0 Å². The molecule has 0 bridgehead atoms. The Balaban J connectivity index is 2.10. The van der Waals surface area contributed by atoms with E-state index in [0.29, 0.717) is 5.56 Å². The van der Waals surface area contributed by atoms with Crippen molar-refractivity contribution in [2.24, 2.45) is 0 Å². The molecule has 0 fully saturated rings. The first-order valence-corrected chi connectivity index (χ1v) is 6.66. The number of hydrogen-bond acceptors (Lipinski definition) is 3. The van der Waals surface area contributed by atoms with Crippen LogP contribution in [-0.2, 0) is 21.7 Å². The molecule has 0 spiro atoms. The Morgan fingerprint density at radius 3 is 2.15 bits per heavy atom. The van der Waals surface area contributed by atoms with E-state index in [2.05, 4.69) is 0 Å². The number of benzene rings is 2. The normalized spacial score (nSPS) is 13.5. The summed E-state index contributed by atoms with van der Waals surface area (Å²) in [5, 5.41) is 10.6. The van der Waals surface area contributed by atoms with Crippen LogP contribution in [0.25, 0.3) is 0 Å². The second-order valence-electron chi connectivity index (χ2n) is 4.64. The van der Waals surface area contributed by atoms with Crippen molar-refractivity contribution >= 4 is 5.97 Å². The monoisotopic (exact) mass is 270 g/mol. The van der Waals surface area contributed by atoms with Crippen LogP contribution in [0, 0.1) is 0 Å². The van der Waals surface area contributed by atoms with Gasteiger partial charge in [-0.05, 0) is 17.5 Å². The molecule has 3 heteroatoms. The zero-order chi connectivity index (χ0) is 14.4. The van der Waals surface area contributed by atoms with Gasteiger partial charge in [0, 0.05) is 0 Å². The fourth-order valence-corrected chi connectivity index (χ4v) is 2.02. The van der Waals surface area contributed by atoms with Gasteiger partial charge in [0.15, 0.2) is 5.60 Å². The lowest BCUT2D eigenvalue weighted by Crippen LogP contribution is -2.36. The van der Waals surface area contributed by atoms with Crippen LogP contribution in [0.5, 0.6) is 0 Å². The number of aliphatic hydroxyl groups is 1. The van der Waals surface area contributed by atoms with Crippen molar-refractivity contribution in [3.8, 4) is 0 Å². The Kier molecular flexibility index (Phi) is 4.53. The molecule has 1 atom stereocenters. The van der Waals surface area contributed by atoms with E-state index in [9.17, 15) is 9.90 Å². The summed E-state index contributed by atoms with van der Waals surface area (Å²) in [6.45, 7) is 1.92. The lowest BCUT2D eigenvalue weighted by molar-refractivity contribution is -0.168. The Morgan fingerprint density at radius 2 is 1.60 bits per heavy atom. The van der Waals surface area contributed by atoms with Crippen LogP contribution in [0.15, 0.2) is 60.7 Å². The van der Waals surface area contributed by atoms with Crippen molar-refractivity contribution in [1.82, 2.24) is 0 Å². The quantitative estimate of drug-likeness (QED) is 0.849. The van der Waals surface area contributed by atoms with E-state index < -0.39 is 11.6 Å². The van der Waals surface area contributed by atoms with E-state index >= 15 is 0 Å². The summed E-state index contributed by atoms with van der Waals surface area (Å²) in [5.74, 6) is -0.616. The molecule has 104 valence electrons. The molecule has 2 rings (SSSR count). The van der Waals surface area contributed by atoms with E-state index in [-0.39, 0.29) is 13.0 Å². The molecule has 0 heterocycles. The minimum atomic E-state index is -1.59. The summed E-state index contributed by atoms with van der Waals surface area (Å²) in [5.41, 5.74) is -0.135. The smallest absolute Gasteiger partial charge is 0.343 e. The van der Waals surface area contributed by atoms with Crippen LogP contribution in [0.4, 0.5) is 0 Å². The zero-order valence-corrected chi connectivity index (χ0v) is 11.5. The number of ether oxygens (including phenoxy) is 1. The largest absolute Gasteiger partial charge is 0.458 e. The Labute approximate surface area is 118 Å². The average molecular weight is 270 g/mol. The van der Waals surface area contributed by atoms with Crippen molar-refractivity contribution in [3.63, 3.8) is 0 Å². The second-order valence-corrected chi connectivity index (χ2v) is 4.64. The Hall–Kier alpha value is -2.13. The molecule has 2 aromatic rings. The fraction of sp³-hybridized carbons (Fsp3) is 0.235. The third kappa shape index (κ3) is 3.06. The first-order valence-electron chi connectivity index (χ1n) is 6.66. The summed E-state index contributed by atoms with van der Waals surface area (Å²) >= 11 is 0. The van der Waals surface area contributed by atoms with Crippen LogP contribution in [0.1, 0.15) is 24.5 Å². The highest BCUT2D eigenvalue weighted by Crippen LogP contribution is 2.26. The molecule has 0 aliphatic rings. The van der Waals surface area contributed by atoms with Gasteiger partial charge < -0.3 is 9.84 Å². The summed E-state index contributed by atoms with van der Waals surface area (Å²) < 4.78 is 5.25. The van der Waals surface area contributed by atoms with E-state index in [1.165, 1.54) is 0 Å². The predicted molar refractivity (Wildman–Crippen MR) is 76.9 cm³/mol. The second kappa shape index (κ2) is 6.35. The molecular formula is C17H18O3. The first kappa shape index (κ1) is 14.3. The topological polar surface area (TPSA) is 46.5 Å². The summed E-state index contributed by atoms with van der Waals surface area (Å²) in [7, 11) is 0. The van der Waals surface area contributed by atoms with Gasteiger partial charge in [-0.1, -0.05) is 67.6 Å². The van der Waals surface area contributed by atoms with E-state index in [1.807, 2.05) is 36.4 Å². The van der Waals surface area contributed by atoms with Gasteiger partial charge in [0.05, 0.1) is 0 Å². The van der Waals surface area contributed by atoms with E-state index in [4.69, 9.17) is 4.74 Å². The van der Waals surface area contributed by atoms with Gasteiger partial charge in [-0.2, -0.15) is 0 Å². The van der Waals surface area contributed by atoms with Gasteiger partial charge in [0.2, 0.25) is 0 Å². The van der Waals surface area contributed by atoms with Gasteiger partial charge in [-0.3, -0.25) is 0 Å². The van der Waals surface area contributed by atoms with Crippen molar-refractivity contribution in [2.45, 2.75) is 25.6 Å². The molecular weight excluding hydrogens is 252 g/mol. The highest BCUT2D eigenvalue weighted by Gasteiger charge is 2.37. The maximum absolute atomic E-state index is 12.2. The molecule has 0 aromatic heterocycles. The van der Waals surface area contributed by atoms with Crippen LogP contribution in [0.3, 0.4) is 0 Å². The summed E-state index contributed by atoms with van der Waals surface area (Å²) in [6.07, 6.45) is 0.268. The van der Waals surface area contributed by atoms with Crippen molar-refractivity contribution < 1.29 is 14.6 Å². The third-order valence-corrected chi connectivity index (χ3v) is 3.31. The van der Waals surface area contributed by atoms with Crippen LogP contribution in [-0.4, -0.2) is 11.1 Å². The Bertz CT molecular complexity index is 551. The molecule has 0 saturated heterocycles. The number of carbonyl (C=O) groups excluding carboxylic acids is 1. The molecule has 3 nitrogen and oxygen atoms in total. The first-order chi connectivity index (χ1) is 9.66. The van der Waals surface area contributed by atoms with Gasteiger partial charge >= 0.3 is 5.97 Å². The molecule has 1 N–H and O–H groups in total. The maximum atomic E-state index is 12.2. The molecule has 0 aliphatic heterocycles. The number of hydrogen-bond donors (Lipinski definition) is 1. The van der Waals surface area contributed by atoms with E-state index in [1.54, 1.807) is 31.2 Å². The summed E-state index contributed by atoms with van der Waals surface area (Å²) in [4.78, 5) is 12.2. The molecule has 0 saturated carbocycles. The highest BCUT2D eigenvalue weighted by atomic mass is 16.5. The van der Waals surface area contributed by atoms with Crippen LogP contribution >= 0.6 is 0 Å². The maximum Gasteiger partial charge on any atom is 0.343 e. The average Bonchev–Trinajstić information content (AvgIpc) is 2.53. The lowest BCUT2D eigenvalue weighted by Gasteiger charge is -2.25. The number of carbonyl (C=O) groups is 1. The molecule has 0 radical (unpaired) electrons. The standard InChI is InChI=1S/C17H18O3/c1-2-17(19,15-11-7-4-8-12-15)16(18)20-13-14-9-5-3-6-10-14/h3-12,19H,2,13H2,1H3/t17-/m1/s1. The van der Waals surface area contributed by atoms with E-state index in [0.717, 1.165) is 5.56 Å². The van der Waals surface area contributed by atoms with Gasteiger partial charge in [-0.15, -0.1) is 0 Å². The molecule has 2 aromatic carbocycles. The van der Waals surface area contributed by atoms with Crippen molar-refractivity contribution in [2.75, 3.05) is 0 Å². The van der Waals surface area contributed by atoms with Crippen LogP contribution < -0.4 is 0 Å². The highest BCUT2D eigenvalue weighted by molar-refractivity contribution is 5.81. The number of esters is 1. The molecule has 0 aliphatic carbocycles. The fourth-order valence-electron chi connectivity index (χ4n) is 2.02. The third-order valence-electron chi connectivity index (χ3n) is 3.31. The molecule has 0 unspecified atom stereocenters. The van der Waals surface area contributed by atoms with Crippen LogP contribution in [0.2, 0.25) is 0 Å². The summed E-state index contributed by atoms with van der Waals surface area (Å²) in [6, 6.07) is 18.3. The molecule has 0 amide bonds. The van der Waals surface area contributed by atoms with Gasteiger partial charge in [0.1, 0.15) is 6.61 Å². The van der Waals surface area contributed by atoms with Gasteiger partial charge in [0.25, 0.3) is 0 Å². The molecule has 20 heavy (non-hydrogen) atoms. The number of rotatable bonds is 5. The minimum absolute atomic E-state index is 0.162. The van der Waals surface area contributed by atoms with Crippen molar-refractivity contribution in [3.05, 3.63) is 71.8 Å². The lowest BCUT2D eigenvalue weighted by atomic mass is 9.91. The zero-order valence-electron chi connectivity index (χ0n) is 11.5. The SMILES string of the molecule is CC[C@](O)(C(=O)OCc1ccccc1)c1ccccc1. The van der Waals surface area contributed by atoms with Gasteiger partial charge in [-0.25, -0.2) is 4.79 Å².